The third-order valence-corrected chi connectivity index (χ3v) is 2.81. The molecule has 0 aliphatic rings. The summed E-state index contributed by atoms with van der Waals surface area (Å²) in [4.78, 5) is 11.4. The van der Waals surface area contributed by atoms with E-state index in [2.05, 4.69) is 5.43 Å². The molecule has 2 aromatic carbocycles. The molecule has 2 rings (SSSR count). The minimum Gasteiger partial charge on any atom is -0.290 e. The van der Waals surface area contributed by atoms with Crippen LogP contribution in [0, 0.1) is 0 Å². The second-order valence-corrected chi connectivity index (χ2v) is 4.43. The van der Waals surface area contributed by atoms with Crippen molar-refractivity contribution in [3.05, 3.63) is 60.2 Å². The number of nitrogens with zero attached hydrogens (tertiary/aromatic N) is 1. The predicted molar refractivity (Wildman–Crippen MR) is 75.2 cm³/mol. The van der Waals surface area contributed by atoms with Crippen molar-refractivity contribution >= 4 is 28.3 Å². The number of benzene rings is 2. The zero-order valence-electron chi connectivity index (χ0n) is 10.6. The van der Waals surface area contributed by atoms with Crippen molar-refractivity contribution in [3.8, 4) is 0 Å². The molecule has 110 valence electrons. The van der Waals surface area contributed by atoms with Gasteiger partial charge < -0.3 is 0 Å². The highest BCUT2D eigenvalue weighted by Crippen LogP contribution is 2.30. The number of alkyl halides is 3. The molecule has 0 heterocycles. The van der Waals surface area contributed by atoms with E-state index in [4.69, 9.17) is 11.6 Å². The van der Waals surface area contributed by atoms with Crippen LogP contribution < -0.4 is 10.4 Å². The molecule has 0 unspecified atom stereocenters. The Kier molecular flexibility index (Phi) is 4.37. The van der Waals surface area contributed by atoms with Gasteiger partial charge >= 0.3 is 11.5 Å². The minimum atomic E-state index is -4.43. The maximum absolute atomic E-state index is 12.5. The Bertz CT molecular complexity index is 614. The van der Waals surface area contributed by atoms with Gasteiger partial charge in [-0.05, 0) is 48.0 Å². The highest BCUT2D eigenvalue weighted by atomic mass is 35.5. The molecule has 0 aliphatic carbocycles. The molecule has 21 heavy (non-hydrogen) atoms. The molecule has 1 N–H and O–H groups in total. The van der Waals surface area contributed by atoms with Crippen molar-refractivity contribution in [1.82, 2.24) is 0 Å². The molecule has 0 bridgehead atoms. The van der Waals surface area contributed by atoms with Crippen molar-refractivity contribution < 1.29 is 18.0 Å². The Morgan fingerprint density at radius 2 is 1.57 bits per heavy atom. The molecule has 0 aliphatic heterocycles. The Balaban J connectivity index is 2.25. The number of carbonyl (C=O) groups is 1. The maximum Gasteiger partial charge on any atom is 0.416 e. The largest absolute Gasteiger partial charge is 0.416 e. The second kappa shape index (κ2) is 6.05. The molecule has 0 saturated carbocycles. The number of halogens is 4. The van der Waals surface area contributed by atoms with E-state index in [1.807, 2.05) is 0 Å². The number of para-hydroxylation sites is 1. The zero-order valence-corrected chi connectivity index (χ0v) is 11.3. The molecule has 0 atom stereocenters. The highest BCUT2D eigenvalue weighted by molar-refractivity contribution is 6.66. The summed E-state index contributed by atoms with van der Waals surface area (Å²) in [5, 5.41) is 0.0930. The number of hydrogen-bond acceptors (Lipinski definition) is 2. The van der Waals surface area contributed by atoms with E-state index in [0.717, 1.165) is 17.1 Å². The SMILES string of the molecule is O=C(Cl)N(Nc1ccccc1)c1ccc(C(F)(F)F)cc1. The van der Waals surface area contributed by atoms with Crippen LogP contribution in [0.2, 0.25) is 0 Å². The van der Waals surface area contributed by atoms with E-state index in [9.17, 15) is 18.0 Å². The van der Waals surface area contributed by atoms with Crippen molar-refractivity contribution in [1.29, 1.82) is 0 Å². The fourth-order valence-electron chi connectivity index (χ4n) is 1.65. The van der Waals surface area contributed by atoms with Crippen LogP contribution in [0.5, 0.6) is 0 Å². The predicted octanol–water partition coefficient (Wildman–Crippen LogP) is 4.90. The minimum absolute atomic E-state index is 0.201. The van der Waals surface area contributed by atoms with Gasteiger partial charge in [-0.15, -0.1) is 0 Å². The molecule has 0 saturated heterocycles. The van der Waals surface area contributed by atoms with Crippen LogP contribution in [0.15, 0.2) is 54.6 Å². The van der Waals surface area contributed by atoms with Crippen LogP contribution in [-0.2, 0) is 6.18 Å². The molecule has 0 spiro atoms. The normalized spacial score (nSPS) is 11.0. The van der Waals surface area contributed by atoms with E-state index >= 15 is 0 Å². The van der Waals surface area contributed by atoms with Crippen molar-refractivity contribution in [2.24, 2.45) is 0 Å². The smallest absolute Gasteiger partial charge is 0.290 e. The number of carbonyl (C=O) groups excluding carboxylic acids is 1. The van der Waals surface area contributed by atoms with Gasteiger partial charge in [-0.1, -0.05) is 18.2 Å². The maximum atomic E-state index is 12.5. The second-order valence-electron chi connectivity index (χ2n) is 4.11. The fourth-order valence-corrected chi connectivity index (χ4v) is 1.79. The molecule has 7 heteroatoms. The number of hydrogen-bond donors (Lipinski definition) is 1. The summed E-state index contributed by atoms with van der Waals surface area (Å²) in [7, 11) is 0. The average Bonchev–Trinajstić information content (AvgIpc) is 2.45. The molecule has 3 nitrogen and oxygen atoms in total. The average molecular weight is 315 g/mol. The first kappa shape index (κ1) is 15.2. The first-order valence-electron chi connectivity index (χ1n) is 5.86. The van der Waals surface area contributed by atoms with Crippen molar-refractivity contribution in [3.63, 3.8) is 0 Å². The van der Waals surface area contributed by atoms with Crippen LogP contribution in [0.4, 0.5) is 29.3 Å². The van der Waals surface area contributed by atoms with Crippen molar-refractivity contribution in [2.45, 2.75) is 6.18 Å². The summed E-state index contributed by atoms with van der Waals surface area (Å²) in [5.41, 5.74) is 2.70. The summed E-state index contributed by atoms with van der Waals surface area (Å²) in [5.74, 6) is 0. The first-order valence-corrected chi connectivity index (χ1v) is 6.24. The molecule has 0 fully saturated rings. The highest BCUT2D eigenvalue weighted by Gasteiger charge is 2.30. The molecule has 1 amide bonds. The molecule has 0 radical (unpaired) electrons. The van der Waals surface area contributed by atoms with E-state index in [1.54, 1.807) is 30.3 Å². The lowest BCUT2D eigenvalue weighted by Gasteiger charge is -2.22. The number of rotatable bonds is 3. The van der Waals surface area contributed by atoms with Gasteiger partial charge in [0.15, 0.2) is 0 Å². The summed E-state index contributed by atoms with van der Waals surface area (Å²) < 4.78 is 37.5. The topological polar surface area (TPSA) is 32.3 Å². The van der Waals surface area contributed by atoms with Gasteiger partial charge in [-0.25, -0.2) is 5.01 Å². The standard InChI is InChI=1S/C14H10ClF3N2O/c15-13(21)20(19-11-4-2-1-3-5-11)12-8-6-10(7-9-12)14(16,17)18/h1-9,19H. The summed E-state index contributed by atoms with van der Waals surface area (Å²) in [6.45, 7) is 0. The fraction of sp³-hybridized carbons (Fsp3) is 0.0714. The third-order valence-electron chi connectivity index (χ3n) is 2.64. The van der Waals surface area contributed by atoms with Crippen LogP contribution >= 0.6 is 11.6 Å². The van der Waals surface area contributed by atoms with E-state index in [0.29, 0.717) is 5.69 Å². The van der Waals surface area contributed by atoms with Gasteiger partial charge in [0.1, 0.15) is 0 Å². The summed E-state index contributed by atoms with van der Waals surface area (Å²) in [6, 6.07) is 12.8. The number of anilines is 2. The number of nitrogens with one attached hydrogen (secondary N) is 1. The van der Waals surface area contributed by atoms with Crippen LogP contribution in [0.1, 0.15) is 5.56 Å². The Labute approximate surface area is 123 Å². The first-order chi connectivity index (χ1) is 9.88. The molecular formula is C14H10ClF3N2O. The molecular weight excluding hydrogens is 305 g/mol. The van der Waals surface area contributed by atoms with E-state index in [-0.39, 0.29) is 5.69 Å². The Morgan fingerprint density at radius 1 is 1.00 bits per heavy atom. The van der Waals surface area contributed by atoms with Crippen LogP contribution in [-0.4, -0.2) is 5.37 Å². The number of hydrazine groups is 1. The number of amides is 1. The van der Waals surface area contributed by atoms with Gasteiger partial charge in [-0.2, -0.15) is 13.2 Å². The lowest BCUT2D eigenvalue weighted by molar-refractivity contribution is -0.137. The lowest BCUT2D eigenvalue weighted by Crippen LogP contribution is -2.32. The van der Waals surface area contributed by atoms with Crippen LogP contribution in [0.3, 0.4) is 0 Å². The van der Waals surface area contributed by atoms with E-state index < -0.39 is 17.1 Å². The van der Waals surface area contributed by atoms with Crippen molar-refractivity contribution in [2.75, 3.05) is 10.4 Å². The monoisotopic (exact) mass is 314 g/mol. The van der Waals surface area contributed by atoms with Gasteiger partial charge in [0.2, 0.25) is 0 Å². The van der Waals surface area contributed by atoms with Gasteiger partial charge in [0.05, 0.1) is 16.9 Å². The van der Waals surface area contributed by atoms with Gasteiger partial charge in [0.25, 0.3) is 0 Å². The van der Waals surface area contributed by atoms with E-state index in [1.165, 1.54) is 12.1 Å². The lowest BCUT2D eigenvalue weighted by atomic mass is 10.2. The zero-order chi connectivity index (χ0) is 15.5. The van der Waals surface area contributed by atoms with Gasteiger partial charge in [-0.3, -0.25) is 10.2 Å². The Hall–Kier alpha value is -2.21. The Morgan fingerprint density at radius 3 is 2.05 bits per heavy atom. The molecule has 0 aromatic heterocycles. The summed E-state index contributed by atoms with van der Waals surface area (Å²) in [6.07, 6.45) is -4.43. The van der Waals surface area contributed by atoms with Gasteiger partial charge in [0, 0.05) is 0 Å². The molecule has 2 aromatic rings. The third kappa shape index (κ3) is 3.88. The quantitative estimate of drug-likeness (QED) is 0.496. The van der Waals surface area contributed by atoms with Crippen LogP contribution in [0.25, 0.3) is 0 Å². The summed E-state index contributed by atoms with van der Waals surface area (Å²) >= 11 is 5.46.